The lowest BCUT2D eigenvalue weighted by molar-refractivity contribution is -0.148. The Morgan fingerprint density at radius 2 is 1.69 bits per heavy atom. The predicted molar refractivity (Wildman–Crippen MR) is 129 cm³/mol. The van der Waals surface area contributed by atoms with Crippen LogP contribution in [0, 0.1) is 11.8 Å². The summed E-state index contributed by atoms with van der Waals surface area (Å²) in [5.41, 5.74) is 2.30. The van der Waals surface area contributed by atoms with Crippen LogP contribution in [0.1, 0.15) is 59.3 Å². The smallest absolute Gasteiger partial charge is 0.309 e. The molecule has 0 radical (unpaired) electrons. The van der Waals surface area contributed by atoms with Crippen molar-refractivity contribution in [2.24, 2.45) is 11.8 Å². The molecular formula is C24H39N3O4S. The Kier molecular flexibility index (Phi) is 8.82. The molecule has 8 heteroatoms. The van der Waals surface area contributed by atoms with Crippen LogP contribution in [0.15, 0.2) is 24.3 Å². The largest absolute Gasteiger partial charge is 0.466 e. The first-order chi connectivity index (χ1) is 15.3. The summed E-state index contributed by atoms with van der Waals surface area (Å²) >= 11 is 0. The summed E-state index contributed by atoms with van der Waals surface area (Å²) in [7, 11) is -3.19. The van der Waals surface area contributed by atoms with Gasteiger partial charge in [-0.1, -0.05) is 0 Å². The first-order valence-electron chi connectivity index (χ1n) is 12.0. The number of carbonyl (C=O) groups is 1. The first kappa shape index (κ1) is 24.8. The van der Waals surface area contributed by atoms with E-state index in [2.05, 4.69) is 39.2 Å². The van der Waals surface area contributed by atoms with Gasteiger partial charge >= 0.3 is 5.97 Å². The number of benzene rings is 1. The molecule has 7 nitrogen and oxygen atoms in total. The zero-order valence-electron chi connectivity index (χ0n) is 19.7. The third-order valence-corrected chi connectivity index (χ3v) is 8.64. The van der Waals surface area contributed by atoms with Gasteiger partial charge in [0.2, 0.25) is 10.0 Å². The van der Waals surface area contributed by atoms with Gasteiger partial charge in [0.15, 0.2) is 0 Å². The van der Waals surface area contributed by atoms with Crippen molar-refractivity contribution in [2.45, 2.75) is 70.6 Å². The molecule has 0 atom stereocenters. The maximum atomic E-state index is 12.1. The molecule has 1 saturated heterocycles. The lowest BCUT2D eigenvalue weighted by Crippen LogP contribution is -2.41. The van der Waals surface area contributed by atoms with Crippen LogP contribution in [0.4, 0.5) is 11.4 Å². The van der Waals surface area contributed by atoms with Crippen LogP contribution in [0.2, 0.25) is 0 Å². The van der Waals surface area contributed by atoms with Crippen LogP contribution in [0.3, 0.4) is 0 Å². The normalized spacial score (nSPS) is 22.7. The Labute approximate surface area is 193 Å². The number of nitrogens with zero attached hydrogens (tertiary/aromatic N) is 1. The SMILES string of the molecule is CCOC(=O)C1CCN(c2ccc(NCC3CCC(NS(=O)(=O)C(C)C)CC3)cc2)CC1. The van der Waals surface area contributed by atoms with Gasteiger partial charge in [-0.05, 0) is 89.5 Å². The standard InChI is InChI=1S/C24H39N3O4S/c1-4-31-24(28)20-13-15-27(16-14-20)23-11-9-21(10-12-23)25-17-19-5-7-22(8-6-19)26-32(29,30)18(2)3/h9-12,18-20,22,25-26H,4-8,13-17H2,1-3H3. The van der Waals surface area contributed by atoms with E-state index in [-0.39, 0.29) is 23.2 Å². The third-order valence-electron chi connectivity index (χ3n) is 6.74. The predicted octanol–water partition coefficient (Wildman–Crippen LogP) is 3.76. The number of rotatable bonds is 9. The molecule has 1 aromatic rings. The highest BCUT2D eigenvalue weighted by atomic mass is 32.2. The number of hydrogen-bond donors (Lipinski definition) is 2. The topological polar surface area (TPSA) is 87.7 Å². The molecule has 1 aliphatic heterocycles. The van der Waals surface area contributed by atoms with Crippen molar-refractivity contribution in [1.29, 1.82) is 0 Å². The van der Waals surface area contributed by atoms with E-state index in [1.54, 1.807) is 13.8 Å². The summed E-state index contributed by atoms with van der Waals surface area (Å²) in [4.78, 5) is 14.2. The Bertz CT molecular complexity index is 825. The van der Waals surface area contributed by atoms with Crippen molar-refractivity contribution < 1.29 is 17.9 Å². The molecular weight excluding hydrogens is 426 g/mol. The van der Waals surface area contributed by atoms with E-state index < -0.39 is 10.0 Å². The summed E-state index contributed by atoms with van der Waals surface area (Å²) in [6.45, 7) is 8.40. The van der Waals surface area contributed by atoms with Crippen LogP contribution < -0.4 is 14.9 Å². The maximum Gasteiger partial charge on any atom is 0.309 e. The minimum Gasteiger partial charge on any atom is -0.466 e. The molecule has 1 aliphatic carbocycles. The highest BCUT2D eigenvalue weighted by molar-refractivity contribution is 7.90. The molecule has 2 aliphatic rings. The van der Waals surface area contributed by atoms with Crippen LogP contribution in [-0.4, -0.2) is 51.9 Å². The van der Waals surface area contributed by atoms with E-state index in [1.807, 2.05) is 6.92 Å². The van der Waals surface area contributed by atoms with Crippen LogP contribution in [0.25, 0.3) is 0 Å². The number of hydrogen-bond acceptors (Lipinski definition) is 6. The van der Waals surface area contributed by atoms with Crippen LogP contribution >= 0.6 is 0 Å². The molecule has 32 heavy (non-hydrogen) atoms. The highest BCUT2D eigenvalue weighted by Gasteiger charge is 2.27. The van der Waals surface area contributed by atoms with Crippen molar-refractivity contribution in [3.63, 3.8) is 0 Å². The van der Waals surface area contributed by atoms with Gasteiger partial charge in [-0.2, -0.15) is 0 Å². The molecule has 0 spiro atoms. The molecule has 2 fully saturated rings. The summed E-state index contributed by atoms with van der Waals surface area (Å²) in [5.74, 6) is 0.539. The fourth-order valence-electron chi connectivity index (χ4n) is 4.54. The van der Waals surface area contributed by atoms with Gasteiger partial charge in [0.25, 0.3) is 0 Å². The number of anilines is 2. The fraction of sp³-hybridized carbons (Fsp3) is 0.708. The number of sulfonamides is 1. The van der Waals surface area contributed by atoms with Gasteiger partial charge in [0.05, 0.1) is 17.8 Å². The Balaban J connectivity index is 1.39. The second-order valence-corrected chi connectivity index (χ2v) is 11.6. The number of esters is 1. The zero-order chi connectivity index (χ0) is 23.1. The van der Waals surface area contributed by atoms with E-state index in [9.17, 15) is 13.2 Å². The van der Waals surface area contributed by atoms with Crippen molar-refractivity contribution >= 4 is 27.4 Å². The molecule has 0 amide bonds. The summed E-state index contributed by atoms with van der Waals surface area (Å²) < 4.78 is 32.1. The molecule has 0 bridgehead atoms. The lowest BCUT2D eigenvalue weighted by atomic mass is 9.86. The van der Waals surface area contributed by atoms with Crippen molar-refractivity contribution in [3.8, 4) is 0 Å². The van der Waals surface area contributed by atoms with E-state index in [0.29, 0.717) is 12.5 Å². The van der Waals surface area contributed by atoms with Gasteiger partial charge in [0.1, 0.15) is 0 Å². The summed E-state index contributed by atoms with van der Waals surface area (Å²) in [5, 5.41) is 3.16. The highest BCUT2D eigenvalue weighted by Crippen LogP contribution is 2.27. The van der Waals surface area contributed by atoms with Gasteiger partial charge in [-0.3, -0.25) is 4.79 Å². The van der Waals surface area contributed by atoms with E-state index in [4.69, 9.17) is 4.74 Å². The molecule has 180 valence electrons. The number of piperidine rings is 1. The Morgan fingerprint density at radius 3 is 2.25 bits per heavy atom. The molecule has 1 aromatic carbocycles. The molecule has 0 unspecified atom stereocenters. The van der Waals surface area contributed by atoms with Crippen molar-refractivity contribution in [3.05, 3.63) is 24.3 Å². The molecule has 2 N–H and O–H groups in total. The van der Waals surface area contributed by atoms with Gasteiger partial charge in [-0.15, -0.1) is 0 Å². The molecule has 1 saturated carbocycles. The van der Waals surface area contributed by atoms with Crippen LogP contribution in [-0.2, 0) is 19.6 Å². The number of nitrogens with one attached hydrogen (secondary N) is 2. The van der Waals surface area contributed by atoms with Crippen LogP contribution in [0.5, 0.6) is 0 Å². The fourth-order valence-corrected chi connectivity index (χ4v) is 5.51. The average Bonchev–Trinajstić information content (AvgIpc) is 2.79. The minimum absolute atomic E-state index is 0.0305. The van der Waals surface area contributed by atoms with Gasteiger partial charge in [-0.25, -0.2) is 13.1 Å². The van der Waals surface area contributed by atoms with Gasteiger partial charge in [0, 0.05) is 37.1 Å². The second-order valence-electron chi connectivity index (χ2n) is 9.37. The minimum atomic E-state index is -3.19. The Morgan fingerprint density at radius 1 is 1.06 bits per heavy atom. The third kappa shape index (κ3) is 6.85. The molecule has 0 aromatic heterocycles. The first-order valence-corrected chi connectivity index (χ1v) is 13.6. The Hall–Kier alpha value is -1.80. The number of carbonyl (C=O) groups excluding carboxylic acids is 1. The monoisotopic (exact) mass is 465 g/mol. The zero-order valence-corrected chi connectivity index (χ0v) is 20.5. The molecule has 1 heterocycles. The second kappa shape index (κ2) is 11.4. The van der Waals surface area contributed by atoms with E-state index in [0.717, 1.165) is 63.8 Å². The summed E-state index contributed by atoms with van der Waals surface area (Å²) in [6, 6.07) is 8.60. The quantitative estimate of drug-likeness (QED) is 0.540. The molecule has 3 rings (SSSR count). The number of ether oxygens (including phenoxy) is 1. The van der Waals surface area contributed by atoms with Crippen molar-refractivity contribution in [2.75, 3.05) is 36.5 Å². The maximum absolute atomic E-state index is 12.1. The van der Waals surface area contributed by atoms with Crippen molar-refractivity contribution in [1.82, 2.24) is 4.72 Å². The summed E-state index contributed by atoms with van der Waals surface area (Å²) in [6.07, 6.45) is 5.55. The average molecular weight is 466 g/mol. The van der Waals surface area contributed by atoms with Gasteiger partial charge < -0.3 is 15.0 Å². The van der Waals surface area contributed by atoms with E-state index in [1.165, 1.54) is 5.69 Å². The van der Waals surface area contributed by atoms with E-state index >= 15 is 0 Å². The lowest BCUT2D eigenvalue weighted by Gasteiger charge is -2.32.